The van der Waals surface area contributed by atoms with E-state index in [1.807, 2.05) is 6.92 Å². The number of rotatable bonds is 4. The average Bonchev–Trinajstić information content (AvgIpc) is 2.26. The summed E-state index contributed by atoms with van der Waals surface area (Å²) in [5.74, 6) is -0.405. The molecule has 0 spiro atoms. The van der Waals surface area contributed by atoms with Crippen molar-refractivity contribution in [2.75, 3.05) is 5.32 Å². The SMILES string of the molecule is CCc1ccc(NC(=O)C(C)(C)N)cc1S(N)(=O)=O.Cl. The lowest BCUT2D eigenvalue weighted by Crippen LogP contribution is -2.45. The van der Waals surface area contributed by atoms with Gasteiger partial charge in [0.15, 0.2) is 0 Å². The third-order valence-corrected chi connectivity index (χ3v) is 3.59. The highest BCUT2D eigenvalue weighted by Crippen LogP contribution is 2.21. The van der Waals surface area contributed by atoms with Gasteiger partial charge in [0.25, 0.3) is 0 Å². The summed E-state index contributed by atoms with van der Waals surface area (Å²) in [6, 6.07) is 4.59. The van der Waals surface area contributed by atoms with Crippen molar-refractivity contribution in [2.24, 2.45) is 10.9 Å². The standard InChI is InChI=1S/C12H19N3O3S.ClH/c1-4-8-5-6-9(7-10(8)19(14,17)18)15-11(16)12(2,3)13;/h5-7H,4,13H2,1-3H3,(H,15,16)(H2,14,17,18);1H. The van der Waals surface area contributed by atoms with Gasteiger partial charge in [0.05, 0.1) is 10.4 Å². The summed E-state index contributed by atoms with van der Waals surface area (Å²) in [5.41, 5.74) is 5.56. The molecule has 0 atom stereocenters. The number of benzene rings is 1. The molecule has 0 unspecified atom stereocenters. The first-order valence-electron chi connectivity index (χ1n) is 5.81. The van der Waals surface area contributed by atoms with E-state index < -0.39 is 21.5 Å². The molecule has 0 bridgehead atoms. The fourth-order valence-electron chi connectivity index (χ4n) is 1.48. The van der Waals surface area contributed by atoms with Crippen LogP contribution < -0.4 is 16.2 Å². The minimum absolute atomic E-state index is 0. The van der Waals surface area contributed by atoms with Crippen molar-refractivity contribution in [1.82, 2.24) is 0 Å². The van der Waals surface area contributed by atoms with Crippen LogP contribution in [-0.4, -0.2) is 19.9 Å². The third kappa shape index (κ3) is 4.75. The van der Waals surface area contributed by atoms with E-state index in [2.05, 4.69) is 5.32 Å². The number of amides is 1. The maximum Gasteiger partial charge on any atom is 0.243 e. The van der Waals surface area contributed by atoms with E-state index in [1.54, 1.807) is 26.0 Å². The van der Waals surface area contributed by atoms with Gasteiger partial charge in [-0.1, -0.05) is 13.0 Å². The Kier molecular flexibility index (Phi) is 6.16. The van der Waals surface area contributed by atoms with Crippen molar-refractivity contribution >= 4 is 34.0 Å². The number of carbonyl (C=O) groups excluding carboxylic acids is 1. The molecule has 0 aromatic heterocycles. The maximum absolute atomic E-state index is 11.7. The number of aryl methyl sites for hydroxylation is 1. The van der Waals surface area contributed by atoms with Gasteiger partial charge < -0.3 is 11.1 Å². The number of halogens is 1. The molecule has 114 valence electrons. The van der Waals surface area contributed by atoms with Crippen LogP contribution >= 0.6 is 12.4 Å². The second kappa shape index (κ2) is 6.53. The second-order valence-electron chi connectivity index (χ2n) is 4.90. The molecule has 6 nitrogen and oxygen atoms in total. The van der Waals surface area contributed by atoms with Gasteiger partial charge in [0, 0.05) is 5.69 Å². The number of sulfonamides is 1. The highest BCUT2D eigenvalue weighted by Gasteiger charge is 2.22. The largest absolute Gasteiger partial charge is 0.324 e. The highest BCUT2D eigenvalue weighted by atomic mass is 35.5. The molecule has 0 aliphatic rings. The molecule has 0 aliphatic carbocycles. The van der Waals surface area contributed by atoms with Gasteiger partial charge in [-0.15, -0.1) is 12.4 Å². The Morgan fingerprint density at radius 2 is 1.90 bits per heavy atom. The second-order valence-corrected chi connectivity index (χ2v) is 6.43. The minimum Gasteiger partial charge on any atom is -0.324 e. The van der Waals surface area contributed by atoms with E-state index in [1.165, 1.54) is 6.07 Å². The van der Waals surface area contributed by atoms with E-state index in [9.17, 15) is 13.2 Å². The Hall–Kier alpha value is -1.15. The predicted octanol–water partition coefficient (Wildman–Crippen LogP) is 0.994. The number of nitrogens with one attached hydrogen (secondary N) is 1. The fraction of sp³-hybridized carbons (Fsp3) is 0.417. The zero-order chi connectivity index (χ0) is 14.8. The Morgan fingerprint density at radius 3 is 2.30 bits per heavy atom. The summed E-state index contributed by atoms with van der Waals surface area (Å²) in [6.45, 7) is 4.94. The van der Waals surface area contributed by atoms with Crippen LogP contribution in [-0.2, 0) is 21.2 Å². The van der Waals surface area contributed by atoms with Crippen LogP contribution in [0.2, 0.25) is 0 Å². The van der Waals surface area contributed by atoms with Gasteiger partial charge in [0.1, 0.15) is 0 Å². The molecule has 8 heteroatoms. The van der Waals surface area contributed by atoms with E-state index in [0.717, 1.165) is 0 Å². The maximum atomic E-state index is 11.7. The minimum atomic E-state index is -3.82. The Morgan fingerprint density at radius 1 is 1.35 bits per heavy atom. The van der Waals surface area contributed by atoms with Crippen LogP contribution in [0, 0.1) is 0 Å². The first-order valence-corrected chi connectivity index (χ1v) is 7.36. The van der Waals surface area contributed by atoms with Crippen LogP contribution in [0.3, 0.4) is 0 Å². The summed E-state index contributed by atoms with van der Waals surface area (Å²) in [5, 5.41) is 7.72. The molecule has 20 heavy (non-hydrogen) atoms. The van der Waals surface area contributed by atoms with Gasteiger partial charge >= 0.3 is 0 Å². The fourth-order valence-corrected chi connectivity index (χ4v) is 2.35. The summed E-state index contributed by atoms with van der Waals surface area (Å²) in [4.78, 5) is 11.7. The Bertz CT molecular complexity index is 594. The third-order valence-electron chi connectivity index (χ3n) is 2.60. The molecule has 1 rings (SSSR count). The van der Waals surface area contributed by atoms with E-state index in [-0.39, 0.29) is 17.3 Å². The van der Waals surface area contributed by atoms with Crippen LogP contribution in [0.25, 0.3) is 0 Å². The smallest absolute Gasteiger partial charge is 0.243 e. The number of nitrogens with two attached hydrogens (primary N) is 2. The number of hydrogen-bond acceptors (Lipinski definition) is 4. The van der Waals surface area contributed by atoms with Gasteiger partial charge in [-0.2, -0.15) is 0 Å². The highest BCUT2D eigenvalue weighted by molar-refractivity contribution is 7.89. The van der Waals surface area contributed by atoms with Crippen molar-refractivity contribution in [3.63, 3.8) is 0 Å². The molecule has 1 aromatic rings. The van der Waals surface area contributed by atoms with Crippen molar-refractivity contribution in [2.45, 2.75) is 37.6 Å². The van der Waals surface area contributed by atoms with Gasteiger partial charge in [-0.05, 0) is 38.0 Å². The van der Waals surface area contributed by atoms with Gasteiger partial charge in [-0.3, -0.25) is 4.79 Å². The molecule has 0 saturated carbocycles. The van der Waals surface area contributed by atoms with E-state index in [4.69, 9.17) is 10.9 Å². The van der Waals surface area contributed by atoms with Gasteiger partial charge in [0.2, 0.25) is 15.9 Å². The molecule has 1 aromatic carbocycles. The number of primary sulfonamides is 1. The molecule has 0 aliphatic heterocycles. The zero-order valence-electron chi connectivity index (χ0n) is 11.6. The molecular formula is C12H20ClN3O3S. The van der Waals surface area contributed by atoms with Crippen LogP contribution in [0.5, 0.6) is 0 Å². The molecule has 0 saturated heterocycles. The lowest BCUT2D eigenvalue weighted by atomic mass is 10.1. The summed E-state index contributed by atoms with van der Waals surface area (Å²) in [6.07, 6.45) is 0.530. The topological polar surface area (TPSA) is 115 Å². The van der Waals surface area contributed by atoms with Crippen LogP contribution in [0.1, 0.15) is 26.3 Å². The molecule has 0 radical (unpaired) electrons. The average molecular weight is 322 g/mol. The zero-order valence-corrected chi connectivity index (χ0v) is 13.3. The van der Waals surface area contributed by atoms with Crippen molar-refractivity contribution in [3.8, 4) is 0 Å². The summed E-state index contributed by atoms with van der Waals surface area (Å²) in [7, 11) is -3.82. The van der Waals surface area contributed by atoms with Crippen LogP contribution in [0.4, 0.5) is 5.69 Å². The quantitative estimate of drug-likeness (QED) is 0.767. The van der Waals surface area contributed by atoms with Gasteiger partial charge in [-0.25, -0.2) is 13.6 Å². The molecule has 0 heterocycles. The number of carbonyl (C=O) groups is 1. The number of anilines is 1. The van der Waals surface area contributed by atoms with Crippen LogP contribution in [0.15, 0.2) is 23.1 Å². The van der Waals surface area contributed by atoms with E-state index >= 15 is 0 Å². The van der Waals surface area contributed by atoms with Crippen molar-refractivity contribution in [1.29, 1.82) is 0 Å². The molecule has 0 fully saturated rings. The summed E-state index contributed by atoms with van der Waals surface area (Å²) < 4.78 is 23.0. The summed E-state index contributed by atoms with van der Waals surface area (Å²) >= 11 is 0. The van der Waals surface area contributed by atoms with Crippen molar-refractivity contribution in [3.05, 3.63) is 23.8 Å². The Balaban J connectivity index is 0.00000361. The number of hydrogen-bond donors (Lipinski definition) is 3. The van der Waals surface area contributed by atoms with E-state index in [0.29, 0.717) is 17.7 Å². The Labute approximate surface area is 125 Å². The molecule has 1 amide bonds. The van der Waals surface area contributed by atoms with Crippen molar-refractivity contribution < 1.29 is 13.2 Å². The lowest BCUT2D eigenvalue weighted by molar-refractivity contribution is -0.120. The monoisotopic (exact) mass is 321 g/mol. The first-order chi connectivity index (χ1) is 8.55. The predicted molar refractivity (Wildman–Crippen MR) is 81.3 cm³/mol. The molecular weight excluding hydrogens is 302 g/mol. The molecule has 5 N–H and O–H groups in total. The normalized spacial score (nSPS) is 11.7. The first kappa shape index (κ1) is 18.9. The lowest BCUT2D eigenvalue weighted by Gasteiger charge is -2.18.